The maximum Gasteiger partial charge on any atom is 0.147 e. The summed E-state index contributed by atoms with van der Waals surface area (Å²) in [5, 5.41) is 0. The van der Waals surface area contributed by atoms with Crippen LogP contribution in [0, 0.1) is 11.8 Å². The van der Waals surface area contributed by atoms with E-state index in [0.717, 1.165) is 24.2 Å². The molecular formula is C23H32O3S. The Balaban J connectivity index is 0.000000380. The molecule has 0 radical (unpaired) electrons. The zero-order chi connectivity index (χ0) is 19.7. The molecule has 0 amide bonds. The average molecular weight is 389 g/mol. The largest absolute Gasteiger partial charge is 0.493 e. The second-order valence-electron chi connectivity index (χ2n) is 7.44. The molecule has 0 aromatic heterocycles. The highest BCUT2D eigenvalue weighted by molar-refractivity contribution is 7.90. The van der Waals surface area contributed by atoms with Gasteiger partial charge < -0.3 is 4.74 Å². The van der Waals surface area contributed by atoms with E-state index >= 15 is 0 Å². The molecule has 0 bridgehead atoms. The molecule has 1 fully saturated rings. The number of hydrogen-bond donors (Lipinski definition) is 0. The van der Waals surface area contributed by atoms with Crippen molar-refractivity contribution in [1.29, 1.82) is 0 Å². The van der Waals surface area contributed by atoms with Gasteiger partial charge in [0.15, 0.2) is 0 Å². The van der Waals surface area contributed by atoms with Crippen molar-refractivity contribution in [2.45, 2.75) is 39.5 Å². The fourth-order valence-corrected chi connectivity index (χ4v) is 3.22. The van der Waals surface area contributed by atoms with E-state index in [0.29, 0.717) is 0 Å². The maximum absolute atomic E-state index is 10.0. The van der Waals surface area contributed by atoms with Gasteiger partial charge in [-0.3, -0.25) is 0 Å². The highest BCUT2D eigenvalue weighted by Gasteiger charge is 2.21. The van der Waals surface area contributed by atoms with Crippen LogP contribution in [0.25, 0.3) is 11.1 Å². The molecule has 3 nitrogen and oxygen atoms in total. The summed E-state index contributed by atoms with van der Waals surface area (Å²) in [5.74, 6) is 2.77. The molecule has 1 aliphatic rings. The van der Waals surface area contributed by atoms with E-state index in [4.69, 9.17) is 4.74 Å². The average Bonchev–Trinajstić information content (AvgIpc) is 2.68. The van der Waals surface area contributed by atoms with Crippen molar-refractivity contribution in [3.63, 3.8) is 0 Å². The predicted octanol–water partition coefficient (Wildman–Crippen LogP) is 5.61. The normalized spacial score (nSPS) is 19.7. The van der Waals surface area contributed by atoms with Crippen molar-refractivity contribution in [3.8, 4) is 16.9 Å². The molecule has 0 aliphatic heterocycles. The predicted molar refractivity (Wildman–Crippen MR) is 114 cm³/mol. The molecule has 148 valence electrons. The minimum atomic E-state index is -2.66. The SMILES string of the molecule is CCS(C)(=O)=O.C[C@H]1CCCC[C@@H]1COc1ccc(-c2ccccc2)cc1. The number of rotatable bonds is 5. The molecule has 2 aromatic carbocycles. The molecule has 0 spiro atoms. The van der Waals surface area contributed by atoms with Crippen LogP contribution < -0.4 is 4.74 Å². The molecular weight excluding hydrogens is 356 g/mol. The first kappa shape index (κ1) is 21.5. The summed E-state index contributed by atoms with van der Waals surface area (Å²) in [7, 11) is -2.66. The quantitative estimate of drug-likeness (QED) is 0.669. The first-order valence-corrected chi connectivity index (χ1v) is 11.9. The van der Waals surface area contributed by atoms with Gasteiger partial charge in [-0.25, -0.2) is 8.42 Å². The summed E-state index contributed by atoms with van der Waals surface area (Å²) in [4.78, 5) is 0. The van der Waals surface area contributed by atoms with Gasteiger partial charge in [0.1, 0.15) is 15.6 Å². The second-order valence-corrected chi connectivity index (χ2v) is 9.87. The summed E-state index contributed by atoms with van der Waals surface area (Å²) in [6.45, 7) is 4.85. The first-order valence-electron chi connectivity index (χ1n) is 9.85. The van der Waals surface area contributed by atoms with Crippen molar-refractivity contribution < 1.29 is 13.2 Å². The van der Waals surface area contributed by atoms with E-state index in [1.54, 1.807) is 6.92 Å². The molecule has 2 atom stereocenters. The Kier molecular flexibility index (Phi) is 8.36. The topological polar surface area (TPSA) is 43.4 Å². The van der Waals surface area contributed by atoms with Gasteiger partial charge in [-0.2, -0.15) is 0 Å². The molecule has 27 heavy (non-hydrogen) atoms. The number of sulfone groups is 1. The van der Waals surface area contributed by atoms with Crippen LogP contribution in [0.1, 0.15) is 39.5 Å². The Morgan fingerprint density at radius 2 is 1.48 bits per heavy atom. The zero-order valence-corrected chi connectivity index (χ0v) is 17.5. The van der Waals surface area contributed by atoms with Gasteiger partial charge in [0, 0.05) is 12.0 Å². The van der Waals surface area contributed by atoms with Crippen molar-refractivity contribution >= 4 is 9.84 Å². The third-order valence-corrected chi connectivity index (χ3v) is 6.29. The van der Waals surface area contributed by atoms with E-state index in [9.17, 15) is 8.42 Å². The van der Waals surface area contributed by atoms with E-state index in [1.807, 2.05) is 6.07 Å². The molecule has 3 rings (SSSR count). The van der Waals surface area contributed by atoms with E-state index < -0.39 is 9.84 Å². The lowest BCUT2D eigenvalue weighted by Crippen LogP contribution is -2.23. The van der Waals surface area contributed by atoms with Crippen molar-refractivity contribution in [2.75, 3.05) is 18.6 Å². The Labute approximate surface area is 164 Å². The molecule has 1 saturated carbocycles. The minimum absolute atomic E-state index is 0.243. The van der Waals surface area contributed by atoms with Gasteiger partial charge in [0.05, 0.1) is 6.61 Å². The monoisotopic (exact) mass is 388 g/mol. The van der Waals surface area contributed by atoms with Gasteiger partial charge in [-0.1, -0.05) is 75.6 Å². The van der Waals surface area contributed by atoms with Crippen LogP contribution in [0.5, 0.6) is 5.75 Å². The molecule has 0 heterocycles. The summed E-state index contributed by atoms with van der Waals surface area (Å²) in [5.41, 5.74) is 2.50. The van der Waals surface area contributed by atoms with Crippen LogP contribution >= 0.6 is 0 Å². The van der Waals surface area contributed by atoms with Gasteiger partial charge in [-0.05, 0) is 41.5 Å². The Bertz CT molecular complexity index is 767. The van der Waals surface area contributed by atoms with E-state index in [2.05, 4.69) is 55.5 Å². The van der Waals surface area contributed by atoms with Gasteiger partial charge in [0.2, 0.25) is 0 Å². The highest BCUT2D eigenvalue weighted by Crippen LogP contribution is 2.30. The van der Waals surface area contributed by atoms with Crippen LogP contribution in [-0.2, 0) is 9.84 Å². The van der Waals surface area contributed by atoms with Gasteiger partial charge >= 0.3 is 0 Å². The minimum Gasteiger partial charge on any atom is -0.493 e. The maximum atomic E-state index is 10.0. The van der Waals surface area contributed by atoms with Crippen molar-refractivity contribution in [3.05, 3.63) is 54.6 Å². The highest BCUT2D eigenvalue weighted by atomic mass is 32.2. The number of benzene rings is 2. The van der Waals surface area contributed by atoms with Crippen LogP contribution in [0.2, 0.25) is 0 Å². The number of hydrogen-bond acceptors (Lipinski definition) is 3. The molecule has 0 saturated heterocycles. The van der Waals surface area contributed by atoms with Crippen LogP contribution in [0.3, 0.4) is 0 Å². The van der Waals surface area contributed by atoms with Crippen LogP contribution in [0.4, 0.5) is 0 Å². The van der Waals surface area contributed by atoms with E-state index in [-0.39, 0.29) is 5.75 Å². The third kappa shape index (κ3) is 7.76. The van der Waals surface area contributed by atoms with Crippen LogP contribution in [0.15, 0.2) is 54.6 Å². The summed E-state index contributed by atoms with van der Waals surface area (Å²) in [6, 6.07) is 19.0. The zero-order valence-electron chi connectivity index (χ0n) is 16.7. The fraction of sp³-hybridized carbons (Fsp3) is 0.478. The molecule has 2 aromatic rings. The van der Waals surface area contributed by atoms with Gasteiger partial charge in [-0.15, -0.1) is 0 Å². The lowest BCUT2D eigenvalue weighted by molar-refractivity contribution is 0.159. The van der Waals surface area contributed by atoms with Crippen LogP contribution in [-0.4, -0.2) is 27.0 Å². The molecule has 0 N–H and O–H groups in total. The number of ether oxygens (including phenoxy) is 1. The van der Waals surface area contributed by atoms with Crippen molar-refractivity contribution in [2.24, 2.45) is 11.8 Å². The third-order valence-electron chi connectivity index (χ3n) is 5.24. The lowest BCUT2D eigenvalue weighted by atomic mass is 9.81. The van der Waals surface area contributed by atoms with E-state index in [1.165, 1.54) is 43.1 Å². The first-order chi connectivity index (χ1) is 12.9. The smallest absolute Gasteiger partial charge is 0.147 e. The molecule has 4 heteroatoms. The second kappa shape index (κ2) is 10.5. The van der Waals surface area contributed by atoms with Crippen molar-refractivity contribution in [1.82, 2.24) is 0 Å². The Morgan fingerprint density at radius 3 is 2.04 bits per heavy atom. The Hall–Kier alpha value is -1.81. The molecule has 0 unspecified atom stereocenters. The fourth-order valence-electron chi connectivity index (χ4n) is 3.22. The Morgan fingerprint density at radius 1 is 0.926 bits per heavy atom. The molecule has 1 aliphatic carbocycles. The lowest BCUT2D eigenvalue weighted by Gasteiger charge is -2.28. The summed E-state index contributed by atoms with van der Waals surface area (Å²) < 4.78 is 26.0. The summed E-state index contributed by atoms with van der Waals surface area (Å²) >= 11 is 0. The standard InChI is InChI=1S/C20H24O.C3H8O2S/c1-16-7-5-6-10-19(16)15-21-20-13-11-18(12-14-20)17-8-3-2-4-9-17;1-3-6(2,4)5/h2-4,8-9,11-14,16,19H,5-7,10,15H2,1H3;3H2,1-2H3/t16-,19+;/m0./s1. The summed E-state index contributed by atoms with van der Waals surface area (Å²) in [6.07, 6.45) is 6.66. The van der Waals surface area contributed by atoms with Gasteiger partial charge in [0.25, 0.3) is 0 Å².